The van der Waals surface area contributed by atoms with E-state index in [1.54, 1.807) is 0 Å². The number of aromatic nitrogens is 2. The molecule has 2 aromatic rings. The van der Waals surface area contributed by atoms with Crippen molar-refractivity contribution in [1.82, 2.24) is 9.97 Å². The van der Waals surface area contributed by atoms with Crippen molar-refractivity contribution >= 4 is 5.97 Å². The lowest BCUT2D eigenvalue weighted by Gasteiger charge is -2.09. The normalized spacial score (nSPS) is 13.9. The van der Waals surface area contributed by atoms with E-state index in [1.165, 1.54) is 31.3 Å². The van der Waals surface area contributed by atoms with Crippen LogP contribution < -0.4 is 0 Å². The predicted octanol–water partition coefficient (Wildman–Crippen LogP) is 3.36. The molecular weight excluding hydrogens is 264 g/mol. The molecule has 0 atom stereocenters. The van der Waals surface area contributed by atoms with Gasteiger partial charge >= 0.3 is 5.97 Å². The summed E-state index contributed by atoms with van der Waals surface area (Å²) in [7, 11) is 1.41. The minimum atomic E-state index is -0.301. The molecule has 0 fully saturated rings. The Hall–Kier alpha value is -2.10. The van der Waals surface area contributed by atoms with Crippen molar-refractivity contribution in [2.45, 2.75) is 39.5 Å². The maximum Gasteiger partial charge on any atom is 0.338 e. The summed E-state index contributed by atoms with van der Waals surface area (Å²) in [6.07, 6.45) is 4.53. The molecule has 0 aliphatic heterocycles. The number of rotatable bonds is 2. The second-order valence-electron chi connectivity index (χ2n) is 5.69. The lowest BCUT2D eigenvalue weighted by molar-refractivity contribution is 0.0600. The molecule has 0 spiro atoms. The fourth-order valence-corrected chi connectivity index (χ4v) is 3.02. The van der Waals surface area contributed by atoms with Crippen LogP contribution in [0.4, 0.5) is 0 Å². The Balaban J connectivity index is 2.09. The number of aromatic amines is 1. The number of nitrogens with one attached hydrogen (secondary N) is 1. The third kappa shape index (κ3) is 2.46. The summed E-state index contributed by atoms with van der Waals surface area (Å²) in [5, 5.41) is 0. The number of ether oxygens (including phenoxy) is 1. The van der Waals surface area contributed by atoms with E-state index in [0.717, 1.165) is 35.4 Å². The van der Waals surface area contributed by atoms with Crippen LogP contribution in [0.1, 0.15) is 45.7 Å². The molecular formula is C17H20N2O2. The van der Waals surface area contributed by atoms with E-state index in [9.17, 15) is 4.79 Å². The Morgan fingerprint density at radius 1 is 1.19 bits per heavy atom. The molecule has 110 valence electrons. The topological polar surface area (TPSA) is 55.0 Å². The first-order valence-electron chi connectivity index (χ1n) is 7.38. The summed E-state index contributed by atoms with van der Waals surface area (Å²) in [5.74, 6) is 0.564. The van der Waals surface area contributed by atoms with Crippen molar-refractivity contribution in [3.05, 3.63) is 40.2 Å². The third-order valence-corrected chi connectivity index (χ3v) is 4.19. The second kappa shape index (κ2) is 5.35. The summed E-state index contributed by atoms with van der Waals surface area (Å²) in [6, 6.07) is 3.91. The zero-order valence-electron chi connectivity index (χ0n) is 12.7. The maximum atomic E-state index is 11.9. The van der Waals surface area contributed by atoms with Crippen molar-refractivity contribution < 1.29 is 9.53 Å². The quantitative estimate of drug-likeness (QED) is 0.860. The highest BCUT2D eigenvalue weighted by Crippen LogP contribution is 2.28. The highest BCUT2D eigenvalue weighted by Gasteiger charge is 2.18. The molecule has 4 nitrogen and oxygen atoms in total. The number of hydrogen-bond donors (Lipinski definition) is 1. The molecule has 1 N–H and O–H groups in total. The van der Waals surface area contributed by atoms with E-state index in [2.05, 4.69) is 4.98 Å². The van der Waals surface area contributed by atoms with Crippen molar-refractivity contribution in [2.75, 3.05) is 7.11 Å². The Kier molecular flexibility index (Phi) is 3.53. The molecule has 0 bridgehead atoms. The Morgan fingerprint density at radius 3 is 2.67 bits per heavy atom. The van der Waals surface area contributed by atoms with Crippen LogP contribution >= 0.6 is 0 Å². The molecule has 4 heteroatoms. The first-order valence-corrected chi connectivity index (χ1v) is 7.38. The van der Waals surface area contributed by atoms with Gasteiger partial charge in [0.05, 0.1) is 18.4 Å². The van der Waals surface area contributed by atoms with Crippen LogP contribution in [0.15, 0.2) is 12.1 Å². The SMILES string of the molecule is COC(=O)c1cc(-c2nc3c([nH]2)CCCC3)c(C)cc1C. The number of fused-ring (bicyclic) bond motifs is 1. The van der Waals surface area contributed by atoms with Gasteiger partial charge in [-0.15, -0.1) is 0 Å². The number of methoxy groups -OCH3 is 1. The molecule has 0 saturated heterocycles. The van der Waals surface area contributed by atoms with Crippen molar-refractivity contribution in [1.29, 1.82) is 0 Å². The molecule has 1 aromatic carbocycles. The van der Waals surface area contributed by atoms with E-state index in [-0.39, 0.29) is 5.97 Å². The molecule has 21 heavy (non-hydrogen) atoms. The van der Waals surface area contributed by atoms with Gasteiger partial charge in [0.25, 0.3) is 0 Å². The summed E-state index contributed by atoms with van der Waals surface area (Å²) in [5.41, 5.74) is 6.06. The molecule has 1 aromatic heterocycles. The number of esters is 1. The van der Waals surface area contributed by atoms with Crippen LogP contribution in [0.5, 0.6) is 0 Å². The van der Waals surface area contributed by atoms with Gasteiger partial charge in [-0.05, 0) is 56.7 Å². The standard InChI is InChI=1S/C17H20N2O2/c1-10-8-11(2)13(17(20)21-3)9-12(10)16-18-14-6-4-5-7-15(14)19-16/h8-9H,4-7H2,1-3H3,(H,18,19). The Morgan fingerprint density at radius 2 is 1.95 bits per heavy atom. The maximum absolute atomic E-state index is 11.9. The lowest BCUT2D eigenvalue weighted by Crippen LogP contribution is -2.05. The average molecular weight is 284 g/mol. The molecule has 0 amide bonds. The van der Waals surface area contributed by atoms with Gasteiger partial charge in [0.15, 0.2) is 0 Å². The minimum Gasteiger partial charge on any atom is -0.465 e. The van der Waals surface area contributed by atoms with Gasteiger partial charge < -0.3 is 9.72 Å². The Labute approximate surface area is 124 Å². The largest absolute Gasteiger partial charge is 0.465 e. The molecule has 0 saturated carbocycles. The highest BCUT2D eigenvalue weighted by atomic mass is 16.5. The fraction of sp³-hybridized carbons (Fsp3) is 0.412. The molecule has 0 radical (unpaired) electrons. The van der Waals surface area contributed by atoms with E-state index in [1.807, 2.05) is 26.0 Å². The van der Waals surface area contributed by atoms with Gasteiger partial charge in [-0.2, -0.15) is 0 Å². The molecule has 3 rings (SSSR count). The van der Waals surface area contributed by atoms with E-state index in [4.69, 9.17) is 9.72 Å². The number of carbonyl (C=O) groups excluding carboxylic acids is 1. The monoisotopic (exact) mass is 284 g/mol. The van der Waals surface area contributed by atoms with Crippen LogP contribution in [0.25, 0.3) is 11.4 Å². The van der Waals surface area contributed by atoms with Crippen molar-refractivity contribution in [2.24, 2.45) is 0 Å². The smallest absolute Gasteiger partial charge is 0.338 e. The van der Waals surface area contributed by atoms with Crippen molar-refractivity contribution in [3.8, 4) is 11.4 Å². The summed E-state index contributed by atoms with van der Waals surface area (Å²) >= 11 is 0. The van der Waals surface area contributed by atoms with Gasteiger partial charge in [-0.25, -0.2) is 9.78 Å². The number of hydrogen-bond acceptors (Lipinski definition) is 3. The van der Waals surface area contributed by atoms with Crippen molar-refractivity contribution in [3.63, 3.8) is 0 Å². The van der Waals surface area contributed by atoms with Gasteiger partial charge in [-0.1, -0.05) is 6.07 Å². The summed E-state index contributed by atoms with van der Waals surface area (Å²) < 4.78 is 4.86. The Bertz CT molecular complexity index is 678. The average Bonchev–Trinajstić information content (AvgIpc) is 2.90. The number of aryl methyl sites for hydroxylation is 4. The zero-order valence-corrected chi connectivity index (χ0v) is 12.7. The first kappa shape index (κ1) is 13.9. The number of nitrogens with zero attached hydrogens (tertiary/aromatic N) is 1. The summed E-state index contributed by atoms with van der Waals surface area (Å²) in [4.78, 5) is 20.0. The van der Waals surface area contributed by atoms with Crippen LogP contribution in [0.2, 0.25) is 0 Å². The molecule has 0 unspecified atom stereocenters. The summed E-state index contributed by atoms with van der Waals surface area (Å²) in [6.45, 7) is 3.97. The lowest BCUT2D eigenvalue weighted by atomic mass is 9.99. The van der Waals surface area contributed by atoms with E-state index >= 15 is 0 Å². The molecule has 1 aliphatic carbocycles. The van der Waals surface area contributed by atoms with Crippen LogP contribution in [-0.4, -0.2) is 23.0 Å². The first-order chi connectivity index (χ1) is 10.1. The minimum absolute atomic E-state index is 0.301. The number of carbonyl (C=O) groups is 1. The van der Waals surface area contributed by atoms with Gasteiger partial charge in [0, 0.05) is 11.3 Å². The van der Waals surface area contributed by atoms with Crippen LogP contribution in [-0.2, 0) is 17.6 Å². The highest BCUT2D eigenvalue weighted by molar-refractivity contribution is 5.92. The molecule has 1 heterocycles. The third-order valence-electron chi connectivity index (χ3n) is 4.19. The van der Waals surface area contributed by atoms with Gasteiger partial charge in [0.2, 0.25) is 0 Å². The van der Waals surface area contributed by atoms with Crippen LogP contribution in [0.3, 0.4) is 0 Å². The van der Waals surface area contributed by atoms with Gasteiger partial charge in [0.1, 0.15) is 5.82 Å². The number of H-pyrrole nitrogens is 1. The van der Waals surface area contributed by atoms with Crippen LogP contribution in [0, 0.1) is 13.8 Å². The fourth-order valence-electron chi connectivity index (χ4n) is 3.02. The van der Waals surface area contributed by atoms with E-state index < -0.39 is 0 Å². The number of benzene rings is 1. The zero-order chi connectivity index (χ0) is 15.0. The second-order valence-corrected chi connectivity index (χ2v) is 5.69. The van der Waals surface area contributed by atoms with Gasteiger partial charge in [-0.3, -0.25) is 0 Å². The number of imidazole rings is 1. The molecule has 1 aliphatic rings. The van der Waals surface area contributed by atoms with E-state index in [0.29, 0.717) is 5.56 Å². The predicted molar refractivity (Wildman–Crippen MR) is 81.5 cm³/mol.